The van der Waals surface area contributed by atoms with Gasteiger partial charge in [0, 0.05) is 0 Å². The Balaban J connectivity index is 2.80. The molecule has 108 valence electrons. The molecule has 0 bridgehead atoms. The van der Waals surface area contributed by atoms with E-state index in [1.54, 1.807) is 27.7 Å². The summed E-state index contributed by atoms with van der Waals surface area (Å²) in [4.78, 5) is 11.7. The maximum atomic E-state index is 12.0. The normalized spacial score (nSPS) is 14.2. The molecule has 0 saturated carbocycles. The van der Waals surface area contributed by atoms with E-state index in [0.29, 0.717) is 5.69 Å². The molecule has 0 aliphatic heterocycles. The summed E-state index contributed by atoms with van der Waals surface area (Å²) in [5.41, 5.74) is -0.258. The number of nitrogens with zero attached hydrogens (tertiary/aromatic N) is 1. The van der Waals surface area contributed by atoms with Crippen LogP contribution < -0.4 is 4.72 Å². The van der Waals surface area contributed by atoms with Gasteiger partial charge in [0.05, 0.1) is 11.9 Å². The standard InChI is InChI=1S/C11H19N3O4S/c1-7-9(6-12-13-7)19(16,17)14-8(2)10(15)18-11(3,4)5/h6,8,14H,1-5H3,(H,12,13)/t8-/m0/s1. The van der Waals surface area contributed by atoms with E-state index in [-0.39, 0.29) is 4.90 Å². The van der Waals surface area contributed by atoms with Crippen molar-refractivity contribution in [1.29, 1.82) is 0 Å². The topological polar surface area (TPSA) is 101 Å². The second-order valence-corrected chi connectivity index (χ2v) is 6.92. The van der Waals surface area contributed by atoms with Gasteiger partial charge in [0.2, 0.25) is 10.0 Å². The smallest absolute Gasteiger partial charge is 0.324 e. The lowest BCUT2D eigenvalue weighted by Gasteiger charge is -2.22. The van der Waals surface area contributed by atoms with E-state index in [1.165, 1.54) is 13.1 Å². The number of hydrogen-bond donors (Lipinski definition) is 2. The van der Waals surface area contributed by atoms with Crippen molar-refractivity contribution in [2.24, 2.45) is 0 Å². The van der Waals surface area contributed by atoms with Crippen LogP contribution in [0.5, 0.6) is 0 Å². The second-order valence-electron chi connectivity index (χ2n) is 5.24. The Bertz CT molecular complexity index is 557. The molecule has 0 fully saturated rings. The lowest BCUT2D eigenvalue weighted by molar-refractivity contribution is -0.156. The van der Waals surface area contributed by atoms with Gasteiger partial charge in [0.1, 0.15) is 16.5 Å². The number of hydrogen-bond acceptors (Lipinski definition) is 5. The first-order chi connectivity index (χ1) is 8.53. The van der Waals surface area contributed by atoms with Crippen LogP contribution in [0.25, 0.3) is 0 Å². The molecule has 1 aromatic heterocycles. The van der Waals surface area contributed by atoms with Crippen LogP contribution in [-0.4, -0.2) is 36.2 Å². The van der Waals surface area contributed by atoms with Crippen LogP contribution in [0, 0.1) is 6.92 Å². The second kappa shape index (κ2) is 5.30. The highest BCUT2D eigenvalue weighted by atomic mass is 32.2. The van der Waals surface area contributed by atoms with Gasteiger partial charge in [-0.15, -0.1) is 0 Å². The first kappa shape index (κ1) is 15.6. The van der Waals surface area contributed by atoms with Gasteiger partial charge in [-0.25, -0.2) is 8.42 Å². The van der Waals surface area contributed by atoms with E-state index in [0.717, 1.165) is 0 Å². The van der Waals surface area contributed by atoms with Gasteiger partial charge in [-0.3, -0.25) is 9.89 Å². The maximum absolute atomic E-state index is 12.0. The molecule has 2 N–H and O–H groups in total. The van der Waals surface area contributed by atoms with E-state index in [4.69, 9.17) is 4.74 Å². The molecule has 1 atom stereocenters. The number of carbonyl (C=O) groups is 1. The Kier molecular flexibility index (Phi) is 4.36. The van der Waals surface area contributed by atoms with E-state index in [1.807, 2.05) is 0 Å². The Morgan fingerprint density at radius 2 is 2.05 bits per heavy atom. The zero-order chi connectivity index (χ0) is 14.8. The van der Waals surface area contributed by atoms with Crippen molar-refractivity contribution in [3.63, 3.8) is 0 Å². The molecule has 0 aromatic carbocycles. The average Bonchev–Trinajstić information content (AvgIpc) is 2.61. The molecule has 0 radical (unpaired) electrons. The van der Waals surface area contributed by atoms with Crippen LogP contribution in [0.2, 0.25) is 0 Å². The number of aromatic nitrogens is 2. The highest BCUT2D eigenvalue weighted by Gasteiger charge is 2.27. The molecule has 8 heteroatoms. The minimum Gasteiger partial charge on any atom is -0.459 e. The average molecular weight is 289 g/mol. The van der Waals surface area contributed by atoms with Gasteiger partial charge in [-0.1, -0.05) is 0 Å². The number of sulfonamides is 1. The fraction of sp³-hybridized carbons (Fsp3) is 0.636. The predicted molar refractivity (Wildman–Crippen MR) is 69.0 cm³/mol. The Morgan fingerprint density at radius 1 is 1.47 bits per heavy atom. The van der Waals surface area contributed by atoms with Gasteiger partial charge < -0.3 is 4.74 Å². The number of ether oxygens (including phenoxy) is 1. The summed E-state index contributed by atoms with van der Waals surface area (Å²) in [5, 5.41) is 6.17. The molecule has 0 aliphatic rings. The Morgan fingerprint density at radius 3 is 2.47 bits per heavy atom. The molecular formula is C11H19N3O4S. The highest BCUT2D eigenvalue weighted by molar-refractivity contribution is 7.89. The minimum absolute atomic E-state index is 0.0166. The third kappa shape index (κ3) is 4.32. The summed E-state index contributed by atoms with van der Waals surface area (Å²) in [7, 11) is -3.79. The van der Waals surface area contributed by atoms with Crippen LogP contribution in [0.4, 0.5) is 0 Å². The lowest BCUT2D eigenvalue weighted by Crippen LogP contribution is -2.42. The van der Waals surface area contributed by atoms with Crippen LogP contribution in [0.15, 0.2) is 11.1 Å². The van der Waals surface area contributed by atoms with Gasteiger partial charge in [-0.05, 0) is 34.6 Å². The number of nitrogens with one attached hydrogen (secondary N) is 2. The molecule has 0 spiro atoms. The van der Waals surface area contributed by atoms with Crippen molar-refractivity contribution >= 4 is 16.0 Å². The minimum atomic E-state index is -3.79. The van der Waals surface area contributed by atoms with Crippen molar-refractivity contribution in [3.8, 4) is 0 Å². The van der Waals surface area contributed by atoms with E-state index < -0.39 is 27.6 Å². The van der Waals surface area contributed by atoms with Crippen LogP contribution in [0.1, 0.15) is 33.4 Å². The number of carbonyl (C=O) groups excluding carboxylic acids is 1. The summed E-state index contributed by atoms with van der Waals surface area (Å²) < 4.78 is 31.4. The third-order valence-electron chi connectivity index (χ3n) is 2.17. The summed E-state index contributed by atoms with van der Waals surface area (Å²) in [5.74, 6) is -0.628. The Labute approximate surface area is 112 Å². The number of H-pyrrole nitrogens is 1. The number of aromatic amines is 1. The van der Waals surface area contributed by atoms with Crippen molar-refractivity contribution in [2.45, 2.75) is 51.2 Å². The van der Waals surface area contributed by atoms with Gasteiger partial charge in [-0.2, -0.15) is 9.82 Å². The molecule has 0 amide bonds. The number of esters is 1. The van der Waals surface area contributed by atoms with Crippen LogP contribution >= 0.6 is 0 Å². The van der Waals surface area contributed by atoms with Crippen molar-refractivity contribution in [1.82, 2.24) is 14.9 Å². The van der Waals surface area contributed by atoms with Gasteiger partial charge in [0.25, 0.3) is 0 Å². The molecule has 1 rings (SSSR count). The highest BCUT2D eigenvalue weighted by Crippen LogP contribution is 2.13. The predicted octanol–water partition coefficient (Wildman–Crippen LogP) is 0.727. The molecule has 0 saturated heterocycles. The Hall–Kier alpha value is -1.41. The first-order valence-electron chi connectivity index (χ1n) is 5.78. The summed E-state index contributed by atoms with van der Waals surface area (Å²) >= 11 is 0. The van der Waals surface area contributed by atoms with Crippen molar-refractivity contribution in [2.75, 3.05) is 0 Å². The fourth-order valence-corrected chi connectivity index (χ4v) is 2.67. The molecule has 1 aromatic rings. The van der Waals surface area contributed by atoms with Crippen molar-refractivity contribution in [3.05, 3.63) is 11.9 Å². The monoisotopic (exact) mass is 289 g/mol. The molecule has 1 heterocycles. The van der Waals surface area contributed by atoms with Crippen LogP contribution in [-0.2, 0) is 19.6 Å². The zero-order valence-corrected chi connectivity index (χ0v) is 12.5. The summed E-state index contributed by atoms with van der Waals surface area (Å²) in [6, 6.07) is -0.974. The van der Waals surface area contributed by atoms with Gasteiger partial charge in [0.15, 0.2) is 0 Å². The SMILES string of the molecule is Cc1[nH]ncc1S(=O)(=O)N[C@@H](C)C(=O)OC(C)(C)C. The van der Waals surface area contributed by atoms with E-state index in [2.05, 4.69) is 14.9 Å². The maximum Gasteiger partial charge on any atom is 0.324 e. The molecule has 0 aliphatic carbocycles. The first-order valence-corrected chi connectivity index (χ1v) is 7.26. The quantitative estimate of drug-likeness (QED) is 0.796. The van der Waals surface area contributed by atoms with Crippen molar-refractivity contribution < 1.29 is 17.9 Å². The number of aryl methyl sites for hydroxylation is 1. The van der Waals surface area contributed by atoms with Crippen LogP contribution in [0.3, 0.4) is 0 Å². The van der Waals surface area contributed by atoms with E-state index >= 15 is 0 Å². The molecular weight excluding hydrogens is 270 g/mol. The lowest BCUT2D eigenvalue weighted by atomic mass is 10.2. The fourth-order valence-electron chi connectivity index (χ4n) is 1.35. The van der Waals surface area contributed by atoms with Gasteiger partial charge >= 0.3 is 5.97 Å². The third-order valence-corrected chi connectivity index (χ3v) is 3.82. The van der Waals surface area contributed by atoms with E-state index in [9.17, 15) is 13.2 Å². The molecule has 0 unspecified atom stereocenters. The zero-order valence-electron chi connectivity index (χ0n) is 11.6. The number of rotatable bonds is 4. The largest absolute Gasteiger partial charge is 0.459 e. The molecule has 7 nitrogen and oxygen atoms in total. The summed E-state index contributed by atoms with van der Waals surface area (Å²) in [6.07, 6.45) is 1.19. The summed E-state index contributed by atoms with van der Waals surface area (Å²) in [6.45, 7) is 8.16. The molecule has 19 heavy (non-hydrogen) atoms.